The molecule has 0 aliphatic heterocycles. The summed E-state index contributed by atoms with van der Waals surface area (Å²) in [7, 11) is 0. The van der Waals surface area contributed by atoms with Gasteiger partial charge in [0.05, 0.1) is 45.6 Å². The number of benzene rings is 14. The summed E-state index contributed by atoms with van der Waals surface area (Å²) in [5.41, 5.74) is 18.4. The Labute approximate surface area is 643 Å². The van der Waals surface area contributed by atoms with Crippen molar-refractivity contribution in [3.05, 3.63) is 361 Å². The van der Waals surface area contributed by atoms with E-state index in [0.29, 0.717) is 28.9 Å². The predicted molar refractivity (Wildman–Crippen MR) is 443 cm³/mol. The van der Waals surface area contributed by atoms with Crippen LogP contribution in [0.1, 0.15) is 18.0 Å². The van der Waals surface area contributed by atoms with Gasteiger partial charge < -0.3 is 13.7 Å². The Bertz CT molecular complexity index is 7110. The van der Waals surface area contributed by atoms with Crippen molar-refractivity contribution in [3.8, 4) is 96.5 Å². The molecule has 0 atom stereocenters. The lowest BCUT2D eigenvalue weighted by atomic mass is 10.0. The second-order valence-electron chi connectivity index (χ2n) is 26.0. The van der Waals surface area contributed by atoms with E-state index in [1.54, 1.807) is 0 Å². The maximum absolute atomic E-state index is 8.29. The minimum atomic E-state index is -0.488. The first-order valence-corrected chi connectivity index (χ1v) is 36.0. The van der Waals surface area contributed by atoms with Gasteiger partial charge in [-0.25, -0.2) is 15.0 Å². The van der Waals surface area contributed by atoms with E-state index < -0.39 is 30.2 Å². The average Bonchev–Trinajstić information content (AvgIpc) is 1.58. The molecule has 6 heterocycles. The third kappa shape index (κ3) is 12.8. The maximum Gasteiger partial charge on any atom is 0.226 e. The van der Waals surface area contributed by atoms with Gasteiger partial charge in [-0.3, -0.25) is 0 Å². The summed E-state index contributed by atoms with van der Waals surface area (Å²) in [5.74, 6) is 2.37. The summed E-state index contributed by atoms with van der Waals surface area (Å²) in [6.45, 7) is 4.14. The van der Waals surface area contributed by atoms with Crippen molar-refractivity contribution in [2.75, 3.05) is 0 Å². The third-order valence-corrected chi connectivity index (χ3v) is 19.6. The first-order chi connectivity index (χ1) is 55.2. The summed E-state index contributed by atoms with van der Waals surface area (Å²) < 4.78 is 47.2. The highest BCUT2D eigenvalue weighted by molar-refractivity contribution is 6.29. The van der Waals surface area contributed by atoms with Crippen LogP contribution in [-0.4, -0.2) is 58.6 Å². The molecule has 14 aromatic carbocycles. The monoisotopic (exact) mass is 1460 g/mol. The molecule has 514 valence electrons. The van der Waals surface area contributed by atoms with Gasteiger partial charge in [-0.1, -0.05) is 266 Å². The molecule has 0 aliphatic rings. The zero-order valence-electron chi connectivity index (χ0n) is 62.9. The Morgan fingerprint density at radius 2 is 0.694 bits per heavy atom. The Morgan fingerprint density at radius 1 is 0.259 bits per heavy atom. The second kappa shape index (κ2) is 28.6. The SMILES string of the molecule is Cc1cc(C)cc(-c2nc(Cl)nc(-c3cccc4c3c3ccccc3n4-c3ccc4ccccc4c3)n2)c1.Clc1nc(-c2ccccc2)nc(-c2ccc3c4ccccc4n(-c4ccccc4-c4ccccc4)c3c2)n1.[2H]c1c([2H])c([2H])c(-c2nc(Cl)nc(-c3ccc4c5ccccc5n(-c5ccccc5)c4c3)n2)c([2H])c1[2H]. The Kier molecular flexibility index (Phi) is 16.2. The van der Waals surface area contributed by atoms with Gasteiger partial charge in [-0.2, -0.15) is 29.9 Å². The van der Waals surface area contributed by atoms with Crippen LogP contribution in [0, 0.1) is 13.8 Å². The van der Waals surface area contributed by atoms with Crippen LogP contribution in [0.4, 0.5) is 0 Å². The number of halogens is 3. The van der Waals surface area contributed by atoms with Crippen LogP contribution in [0.5, 0.6) is 0 Å². The van der Waals surface area contributed by atoms with E-state index in [9.17, 15) is 0 Å². The van der Waals surface area contributed by atoms with E-state index in [1.165, 1.54) is 21.7 Å². The second-order valence-corrected chi connectivity index (χ2v) is 27.0. The highest BCUT2D eigenvalue weighted by Crippen LogP contribution is 2.42. The number of rotatable bonds is 10. The Hall–Kier alpha value is -13.4. The van der Waals surface area contributed by atoms with E-state index in [-0.39, 0.29) is 33.1 Å². The molecule has 108 heavy (non-hydrogen) atoms. The fourth-order valence-corrected chi connectivity index (χ4v) is 15.0. The zero-order valence-corrected chi connectivity index (χ0v) is 60.1. The lowest BCUT2D eigenvalue weighted by molar-refractivity contribution is 1.07. The molecular formula is C93H61Cl3N12. The van der Waals surface area contributed by atoms with Crippen molar-refractivity contribution in [1.29, 1.82) is 0 Å². The standard InChI is InChI=1S/C33H23ClN4.C33H21ClN4.C27H17ClN4/c1-20-16-21(2)18-24(17-20)31-35-32(37-33(34)36-31)27-11-7-13-29-30(27)26-10-5-6-12-28(26)38(29)25-15-14-22-8-3-4-9-23(22)19-25;34-33-36-31(23-13-5-2-6-14-23)35-32(37-33)24-19-20-27-26-16-8-10-18-29(26)38(30(27)21-24)28-17-9-7-15-25(28)22-11-3-1-4-12-22;28-27-30-25(18-9-3-1-4-10-18)29-26(31-27)19-15-16-22-21-13-7-8-14-23(21)32(24(22)17-19)20-11-5-2-6-12-20/h3-19H,1-2H3;1-21H;1-17H/i;;1D,3D,4D,9D,10D. The smallest absolute Gasteiger partial charge is 0.226 e. The van der Waals surface area contributed by atoms with Crippen LogP contribution in [0.2, 0.25) is 15.9 Å². The summed E-state index contributed by atoms with van der Waals surface area (Å²) >= 11 is 19.1. The highest BCUT2D eigenvalue weighted by Gasteiger charge is 2.23. The van der Waals surface area contributed by atoms with Crippen LogP contribution in [0.15, 0.2) is 334 Å². The fourth-order valence-electron chi connectivity index (χ4n) is 14.5. The minimum Gasteiger partial charge on any atom is -0.309 e. The summed E-state index contributed by atoms with van der Waals surface area (Å²) in [4.78, 5) is 40.5. The number of hydrogen-bond acceptors (Lipinski definition) is 9. The van der Waals surface area contributed by atoms with Crippen LogP contribution in [0.25, 0.3) is 173 Å². The predicted octanol–water partition coefficient (Wildman–Crippen LogP) is 24.3. The van der Waals surface area contributed by atoms with Crippen LogP contribution < -0.4 is 0 Å². The fraction of sp³-hybridized carbons (Fsp3) is 0.0215. The zero-order chi connectivity index (χ0) is 77.1. The summed E-state index contributed by atoms with van der Waals surface area (Å²) in [5, 5.41) is 9.35. The highest BCUT2D eigenvalue weighted by atomic mass is 35.5. The molecule has 6 aromatic heterocycles. The first kappa shape index (κ1) is 61.0. The molecule has 20 rings (SSSR count). The number of fused-ring (bicyclic) bond motifs is 10. The topological polar surface area (TPSA) is 131 Å². The number of nitrogens with zero attached hydrogens (tertiary/aromatic N) is 12. The van der Waals surface area contributed by atoms with Crippen molar-refractivity contribution in [3.63, 3.8) is 0 Å². The van der Waals surface area contributed by atoms with Crippen molar-refractivity contribution in [1.82, 2.24) is 58.6 Å². The molecule has 12 nitrogen and oxygen atoms in total. The van der Waals surface area contributed by atoms with Crippen molar-refractivity contribution >= 4 is 111 Å². The van der Waals surface area contributed by atoms with Crippen LogP contribution in [0.3, 0.4) is 0 Å². The average molecular weight is 1460 g/mol. The number of hydrogen-bond donors (Lipinski definition) is 0. The lowest BCUT2D eigenvalue weighted by Crippen LogP contribution is -1.99. The molecule has 0 saturated heterocycles. The normalized spacial score (nSPS) is 12.0. The molecule has 0 aliphatic carbocycles. The van der Waals surface area contributed by atoms with Gasteiger partial charge in [0.25, 0.3) is 0 Å². The van der Waals surface area contributed by atoms with Crippen molar-refractivity contribution in [2.24, 2.45) is 0 Å². The summed E-state index contributed by atoms with van der Waals surface area (Å²) in [6.07, 6.45) is 0. The maximum atomic E-state index is 8.29. The quantitative estimate of drug-likeness (QED) is 0.131. The van der Waals surface area contributed by atoms with E-state index in [1.807, 2.05) is 97.1 Å². The Morgan fingerprint density at radius 3 is 1.32 bits per heavy atom. The van der Waals surface area contributed by atoms with Gasteiger partial charge in [-0.05, 0) is 144 Å². The molecule has 0 saturated carbocycles. The molecular weight excluding hydrogens is 1390 g/mol. The van der Waals surface area contributed by atoms with E-state index >= 15 is 0 Å². The number of aryl methyl sites for hydroxylation is 2. The van der Waals surface area contributed by atoms with Gasteiger partial charge in [0.1, 0.15) is 0 Å². The van der Waals surface area contributed by atoms with Crippen molar-refractivity contribution < 1.29 is 6.85 Å². The van der Waals surface area contributed by atoms with Gasteiger partial charge in [-0.15, -0.1) is 0 Å². The molecule has 0 unspecified atom stereocenters. The first-order valence-electron chi connectivity index (χ1n) is 37.4. The van der Waals surface area contributed by atoms with Crippen LogP contribution >= 0.6 is 34.8 Å². The third-order valence-electron chi connectivity index (χ3n) is 19.1. The molecule has 15 heteroatoms. The van der Waals surface area contributed by atoms with E-state index in [4.69, 9.17) is 51.6 Å². The molecule has 0 amide bonds. The molecule has 0 N–H and O–H groups in total. The molecule has 0 fully saturated rings. The van der Waals surface area contributed by atoms with E-state index in [2.05, 4.69) is 269 Å². The molecule has 0 bridgehead atoms. The minimum absolute atomic E-state index is 0.0873. The van der Waals surface area contributed by atoms with Gasteiger partial charge in [0.2, 0.25) is 15.9 Å². The van der Waals surface area contributed by atoms with Gasteiger partial charge >= 0.3 is 0 Å². The number of para-hydroxylation sites is 5. The lowest BCUT2D eigenvalue weighted by Gasteiger charge is -2.14. The van der Waals surface area contributed by atoms with Gasteiger partial charge in [0.15, 0.2) is 34.9 Å². The summed E-state index contributed by atoms with van der Waals surface area (Å²) in [6, 6.07) is 102. The largest absolute Gasteiger partial charge is 0.309 e. The van der Waals surface area contributed by atoms with Gasteiger partial charge in [0, 0.05) is 82.6 Å². The molecule has 0 radical (unpaired) electrons. The number of aromatic nitrogens is 12. The Balaban J connectivity index is 0.000000118. The molecule has 20 aromatic rings. The van der Waals surface area contributed by atoms with Crippen LogP contribution in [-0.2, 0) is 0 Å². The van der Waals surface area contributed by atoms with E-state index in [0.717, 1.165) is 116 Å². The van der Waals surface area contributed by atoms with Crippen molar-refractivity contribution in [2.45, 2.75) is 13.8 Å². The molecule has 0 spiro atoms.